The number of nitrogens with zero attached hydrogens (tertiary/aromatic N) is 2. The molecule has 0 bridgehead atoms. The van der Waals surface area contributed by atoms with E-state index in [-0.39, 0.29) is 24.0 Å². The van der Waals surface area contributed by atoms with Gasteiger partial charge in [-0.3, -0.25) is 4.90 Å². The molecule has 6 nitrogen and oxygen atoms in total. The highest BCUT2D eigenvalue weighted by atomic mass is 127. The second-order valence-corrected chi connectivity index (χ2v) is 7.55. The van der Waals surface area contributed by atoms with Gasteiger partial charge in [-0.05, 0) is 30.0 Å². The molecular formula is C24H35IN4O2. The summed E-state index contributed by atoms with van der Waals surface area (Å²) in [6.07, 6.45) is 0.155. The molecule has 7 heteroatoms. The summed E-state index contributed by atoms with van der Waals surface area (Å²) in [6, 6.07) is 18.4. The summed E-state index contributed by atoms with van der Waals surface area (Å²) in [5.41, 5.74) is 3.45. The average Bonchev–Trinajstić information content (AvgIpc) is 2.79. The van der Waals surface area contributed by atoms with E-state index in [1.807, 2.05) is 30.3 Å². The molecule has 0 amide bonds. The molecule has 1 atom stereocenters. The molecule has 0 spiro atoms. The minimum absolute atomic E-state index is 0. The van der Waals surface area contributed by atoms with Gasteiger partial charge in [0.25, 0.3) is 0 Å². The van der Waals surface area contributed by atoms with Crippen LogP contribution in [0.1, 0.15) is 36.1 Å². The molecule has 0 aliphatic carbocycles. The lowest BCUT2D eigenvalue weighted by Crippen LogP contribution is -2.38. The molecule has 1 aliphatic rings. The Labute approximate surface area is 203 Å². The number of aliphatic imine (C=N–C) groups is 1. The lowest BCUT2D eigenvalue weighted by molar-refractivity contribution is 0.0342. The molecule has 1 unspecified atom stereocenters. The Morgan fingerprint density at radius 3 is 2.55 bits per heavy atom. The van der Waals surface area contributed by atoms with Crippen LogP contribution in [0.4, 0.5) is 0 Å². The predicted molar refractivity (Wildman–Crippen MR) is 137 cm³/mol. The molecule has 3 rings (SSSR count). The number of ether oxygens (including phenoxy) is 1. The minimum Gasteiger partial charge on any atom is -0.388 e. The van der Waals surface area contributed by atoms with Gasteiger partial charge >= 0.3 is 0 Å². The fourth-order valence-corrected chi connectivity index (χ4v) is 3.53. The van der Waals surface area contributed by atoms with Gasteiger partial charge in [0.2, 0.25) is 0 Å². The van der Waals surface area contributed by atoms with E-state index >= 15 is 0 Å². The van der Waals surface area contributed by atoms with Crippen molar-refractivity contribution < 1.29 is 9.84 Å². The Bertz CT molecular complexity index is 782. The van der Waals surface area contributed by atoms with Gasteiger partial charge in [-0.1, -0.05) is 54.6 Å². The van der Waals surface area contributed by atoms with Gasteiger partial charge in [0.1, 0.15) is 0 Å². The van der Waals surface area contributed by atoms with Crippen LogP contribution in [0.15, 0.2) is 59.6 Å². The first kappa shape index (κ1) is 25.6. The summed E-state index contributed by atoms with van der Waals surface area (Å²) in [5, 5.41) is 16.9. The maximum Gasteiger partial charge on any atom is 0.191 e. The van der Waals surface area contributed by atoms with Crippen molar-refractivity contribution in [2.75, 3.05) is 39.4 Å². The molecule has 3 N–H and O–H groups in total. The second-order valence-electron chi connectivity index (χ2n) is 7.55. The maximum absolute atomic E-state index is 10.3. The van der Waals surface area contributed by atoms with Crippen LogP contribution in [-0.2, 0) is 17.8 Å². The van der Waals surface area contributed by atoms with Crippen LogP contribution in [0.5, 0.6) is 0 Å². The monoisotopic (exact) mass is 538 g/mol. The van der Waals surface area contributed by atoms with Crippen molar-refractivity contribution in [2.45, 2.75) is 32.5 Å². The van der Waals surface area contributed by atoms with Crippen LogP contribution in [-0.4, -0.2) is 55.4 Å². The van der Waals surface area contributed by atoms with Crippen molar-refractivity contribution in [1.82, 2.24) is 15.5 Å². The van der Waals surface area contributed by atoms with Crippen molar-refractivity contribution in [2.24, 2.45) is 4.99 Å². The highest BCUT2D eigenvalue weighted by Crippen LogP contribution is 2.15. The number of morpholine rings is 1. The van der Waals surface area contributed by atoms with E-state index in [1.165, 1.54) is 11.1 Å². The Balaban J connectivity index is 0.00000341. The van der Waals surface area contributed by atoms with Crippen molar-refractivity contribution in [3.05, 3.63) is 71.3 Å². The van der Waals surface area contributed by atoms with Gasteiger partial charge < -0.3 is 20.5 Å². The number of hydrogen-bond donors (Lipinski definition) is 3. The van der Waals surface area contributed by atoms with Crippen LogP contribution in [0.2, 0.25) is 0 Å². The fraction of sp³-hybridized carbons (Fsp3) is 0.458. The SMILES string of the molecule is CCNC(=NCc1cccc(CN2CCOCC2)c1)NCCC(O)c1ccccc1.I. The molecular weight excluding hydrogens is 503 g/mol. The number of benzene rings is 2. The molecule has 1 saturated heterocycles. The highest BCUT2D eigenvalue weighted by molar-refractivity contribution is 14.0. The Hall–Kier alpha value is -1.68. The van der Waals surface area contributed by atoms with Crippen LogP contribution < -0.4 is 10.6 Å². The van der Waals surface area contributed by atoms with Crippen LogP contribution in [0.25, 0.3) is 0 Å². The first-order chi connectivity index (χ1) is 14.7. The highest BCUT2D eigenvalue weighted by Gasteiger charge is 2.11. The number of rotatable bonds is 9. The summed E-state index contributed by atoms with van der Waals surface area (Å²) in [4.78, 5) is 7.15. The number of aliphatic hydroxyl groups excluding tert-OH is 1. The second kappa shape index (κ2) is 14.4. The zero-order valence-corrected chi connectivity index (χ0v) is 20.6. The van der Waals surface area contributed by atoms with Gasteiger partial charge in [0, 0.05) is 32.7 Å². The predicted octanol–water partition coefficient (Wildman–Crippen LogP) is 3.32. The van der Waals surface area contributed by atoms with E-state index in [2.05, 4.69) is 46.7 Å². The first-order valence-corrected chi connectivity index (χ1v) is 10.9. The van der Waals surface area contributed by atoms with Crippen molar-refractivity contribution >= 4 is 29.9 Å². The molecule has 1 fully saturated rings. The van der Waals surface area contributed by atoms with Crippen LogP contribution >= 0.6 is 24.0 Å². The average molecular weight is 538 g/mol. The molecule has 0 aromatic heterocycles. The van der Waals surface area contributed by atoms with Gasteiger partial charge in [-0.25, -0.2) is 4.99 Å². The number of nitrogens with one attached hydrogen (secondary N) is 2. The fourth-order valence-electron chi connectivity index (χ4n) is 3.53. The molecule has 31 heavy (non-hydrogen) atoms. The quantitative estimate of drug-likeness (QED) is 0.260. The lowest BCUT2D eigenvalue weighted by atomic mass is 10.1. The van der Waals surface area contributed by atoms with Gasteiger partial charge in [0.05, 0.1) is 25.9 Å². The minimum atomic E-state index is -0.474. The summed E-state index contributed by atoms with van der Waals surface area (Å²) >= 11 is 0. The largest absolute Gasteiger partial charge is 0.388 e. The van der Waals surface area contributed by atoms with Crippen molar-refractivity contribution in [3.8, 4) is 0 Å². The zero-order valence-electron chi connectivity index (χ0n) is 18.3. The van der Waals surface area contributed by atoms with E-state index < -0.39 is 6.10 Å². The standard InChI is InChI=1S/C24H34N4O2.HI/c1-2-25-24(26-12-11-23(29)22-9-4-3-5-10-22)27-18-20-7-6-8-21(17-20)19-28-13-15-30-16-14-28;/h3-10,17,23,29H,2,11-16,18-19H2,1H3,(H2,25,26,27);1H. The first-order valence-electron chi connectivity index (χ1n) is 10.9. The topological polar surface area (TPSA) is 69.1 Å². The smallest absolute Gasteiger partial charge is 0.191 e. The summed E-state index contributed by atoms with van der Waals surface area (Å²) < 4.78 is 5.43. The maximum atomic E-state index is 10.3. The molecule has 1 aliphatic heterocycles. The van der Waals surface area contributed by atoms with Crippen molar-refractivity contribution in [3.63, 3.8) is 0 Å². The molecule has 170 valence electrons. The van der Waals surface area contributed by atoms with Gasteiger partial charge in [0.15, 0.2) is 5.96 Å². The molecule has 2 aromatic rings. The molecule has 1 heterocycles. The third kappa shape index (κ3) is 9.14. The van der Waals surface area contributed by atoms with E-state index in [4.69, 9.17) is 9.73 Å². The van der Waals surface area contributed by atoms with E-state index in [0.717, 1.165) is 50.9 Å². The third-order valence-corrected chi connectivity index (χ3v) is 5.16. The summed E-state index contributed by atoms with van der Waals surface area (Å²) in [5.74, 6) is 0.774. The Kier molecular flexibility index (Phi) is 11.9. The lowest BCUT2D eigenvalue weighted by Gasteiger charge is -2.26. The van der Waals surface area contributed by atoms with Gasteiger partial charge in [-0.2, -0.15) is 0 Å². The van der Waals surface area contributed by atoms with E-state index in [9.17, 15) is 5.11 Å². The summed E-state index contributed by atoms with van der Waals surface area (Å²) in [7, 11) is 0. The van der Waals surface area contributed by atoms with Crippen molar-refractivity contribution in [1.29, 1.82) is 0 Å². The van der Waals surface area contributed by atoms with Crippen LogP contribution in [0.3, 0.4) is 0 Å². The summed E-state index contributed by atoms with van der Waals surface area (Å²) in [6.45, 7) is 8.70. The normalized spacial score (nSPS) is 15.7. The number of hydrogen-bond acceptors (Lipinski definition) is 4. The number of halogens is 1. The Morgan fingerprint density at radius 1 is 1.06 bits per heavy atom. The van der Waals surface area contributed by atoms with Gasteiger partial charge in [-0.15, -0.1) is 24.0 Å². The Morgan fingerprint density at radius 2 is 1.81 bits per heavy atom. The molecule has 2 aromatic carbocycles. The van der Waals surface area contributed by atoms with E-state index in [0.29, 0.717) is 19.5 Å². The molecule has 0 saturated carbocycles. The zero-order chi connectivity index (χ0) is 21.0. The number of guanidine groups is 1. The molecule has 0 radical (unpaired) electrons. The van der Waals surface area contributed by atoms with Crippen LogP contribution in [0, 0.1) is 0 Å². The number of aliphatic hydroxyl groups is 1. The third-order valence-electron chi connectivity index (χ3n) is 5.16. The van der Waals surface area contributed by atoms with E-state index in [1.54, 1.807) is 0 Å².